The van der Waals surface area contributed by atoms with Crippen molar-refractivity contribution >= 4 is 5.97 Å². The fourth-order valence-electron chi connectivity index (χ4n) is 4.18. The average molecular weight is 380 g/mol. The molecule has 0 atom stereocenters. The molecule has 1 saturated carbocycles. The zero-order chi connectivity index (χ0) is 19.4. The molecule has 1 aliphatic rings. The third-order valence-electron chi connectivity index (χ3n) is 5.72. The van der Waals surface area contributed by atoms with Crippen molar-refractivity contribution in [2.45, 2.75) is 50.9 Å². The molecule has 0 aromatic heterocycles. The van der Waals surface area contributed by atoms with Gasteiger partial charge in [-0.15, -0.1) is 0 Å². The number of benzene rings is 2. The van der Waals surface area contributed by atoms with E-state index in [0.29, 0.717) is 13.2 Å². The van der Waals surface area contributed by atoms with E-state index in [4.69, 9.17) is 4.74 Å². The Labute approximate surface area is 169 Å². The molecule has 0 amide bonds. The van der Waals surface area contributed by atoms with Gasteiger partial charge in [0.05, 0.1) is 0 Å². The summed E-state index contributed by atoms with van der Waals surface area (Å²) in [7, 11) is 0. The van der Waals surface area contributed by atoms with E-state index in [1.165, 1.54) is 44.9 Å². The van der Waals surface area contributed by atoms with Crippen LogP contribution in [0.5, 0.6) is 0 Å². The van der Waals surface area contributed by atoms with Crippen LogP contribution < -0.4 is 5.32 Å². The van der Waals surface area contributed by atoms with Crippen molar-refractivity contribution in [3.05, 3.63) is 71.8 Å². The Kier molecular flexibility index (Phi) is 8.57. The molecule has 2 aromatic rings. The Balaban J connectivity index is 1.40. The Morgan fingerprint density at radius 3 is 2.11 bits per heavy atom. The Morgan fingerprint density at radius 2 is 1.50 bits per heavy atom. The van der Waals surface area contributed by atoms with Gasteiger partial charge in [-0.25, -0.2) is 0 Å². The number of esters is 1. The molecule has 0 aliphatic heterocycles. The standard InChI is InChI=1S/C25H33NO2/c27-25(28-20-19-26-18-10-13-21-11-4-1-5-12-21)24(22-14-6-2-7-15-22)23-16-8-3-9-17-23/h2-3,6-9,14-17,21,24,26H,1,4-5,10-13,18-20H2. The van der Waals surface area contributed by atoms with E-state index >= 15 is 0 Å². The number of rotatable bonds is 10. The first-order valence-electron chi connectivity index (χ1n) is 10.8. The molecule has 0 spiro atoms. The maximum atomic E-state index is 12.8. The van der Waals surface area contributed by atoms with Crippen molar-refractivity contribution < 1.29 is 9.53 Å². The zero-order valence-electron chi connectivity index (χ0n) is 16.8. The molecule has 1 N–H and O–H groups in total. The molecular formula is C25H33NO2. The molecule has 0 radical (unpaired) electrons. The third-order valence-corrected chi connectivity index (χ3v) is 5.72. The lowest BCUT2D eigenvalue weighted by atomic mass is 9.86. The molecule has 3 heteroatoms. The minimum atomic E-state index is -0.367. The van der Waals surface area contributed by atoms with E-state index in [1.54, 1.807) is 0 Å². The second kappa shape index (κ2) is 11.7. The lowest BCUT2D eigenvalue weighted by molar-refractivity contribution is -0.144. The first kappa shape index (κ1) is 20.6. The van der Waals surface area contributed by atoms with Gasteiger partial charge in [0.25, 0.3) is 0 Å². The number of ether oxygens (including phenoxy) is 1. The maximum absolute atomic E-state index is 12.8. The van der Waals surface area contributed by atoms with Crippen LogP contribution in [0, 0.1) is 5.92 Å². The van der Waals surface area contributed by atoms with Crippen LogP contribution in [0.2, 0.25) is 0 Å². The molecule has 150 valence electrons. The minimum absolute atomic E-state index is 0.179. The van der Waals surface area contributed by atoms with Crippen LogP contribution in [0.15, 0.2) is 60.7 Å². The highest BCUT2D eigenvalue weighted by molar-refractivity contribution is 5.82. The molecule has 0 heterocycles. The van der Waals surface area contributed by atoms with Gasteiger partial charge in [-0.05, 0) is 36.4 Å². The molecule has 28 heavy (non-hydrogen) atoms. The molecule has 0 saturated heterocycles. The van der Waals surface area contributed by atoms with Gasteiger partial charge in [0.15, 0.2) is 0 Å². The summed E-state index contributed by atoms with van der Waals surface area (Å²) in [6, 6.07) is 19.7. The predicted molar refractivity (Wildman–Crippen MR) is 114 cm³/mol. The summed E-state index contributed by atoms with van der Waals surface area (Å²) in [5.74, 6) is 0.390. The van der Waals surface area contributed by atoms with Crippen LogP contribution in [0.4, 0.5) is 0 Å². The minimum Gasteiger partial charge on any atom is -0.464 e. The van der Waals surface area contributed by atoms with Crippen molar-refractivity contribution in [1.29, 1.82) is 0 Å². The Morgan fingerprint density at radius 1 is 0.893 bits per heavy atom. The smallest absolute Gasteiger partial charge is 0.317 e. The molecule has 1 fully saturated rings. The summed E-state index contributed by atoms with van der Waals surface area (Å²) >= 11 is 0. The Hall–Kier alpha value is -2.13. The van der Waals surface area contributed by atoms with Gasteiger partial charge in [-0.2, -0.15) is 0 Å². The second-order valence-electron chi connectivity index (χ2n) is 7.82. The number of hydrogen-bond acceptors (Lipinski definition) is 3. The van der Waals surface area contributed by atoms with E-state index in [9.17, 15) is 4.79 Å². The summed E-state index contributed by atoms with van der Waals surface area (Å²) in [6.45, 7) is 2.14. The largest absolute Gasteiger partial charge is 0.464 e. The highest BCUT2D eigenvalue weighted by Crippen LogP contribution is 2.27. The van der Waals surface area contributed by atoms with E-state index < -0.39 is 0 Å². The van der Waals surface area contributed by atoms with Crippen molar-refractivity contribution in [3.63, 3.8) is 0 Å². The SMILES string of the molecule is O=C(OCCNCCCC1CCCCC1)C(c1ccccc1)c1ccccc1. The van der Waals surface area contributed by atoms with E-state index in [2.05, 4.69) is 5.32 Å². The maximum Gasteiger partial charge on any atom is 0.317 e. The van der Waals surface area contributed by atoms with Crippen molar-refractivity contribution in [2.24, 2.45) is 5.92 Å². The van der Waals surface area contributed by atoms with Gasteiger partial charge in [0.2, 0.25) is 0 Å². The molecule has 1 aliphatic carbocycles. The van der Waals surface area contributed by atoms with Gasteiger partial charge < -0.3 is 10.1 Å². The fourth-order valence-corrected chi connectivity index (χ4v) is 4.18. The zero-order valence-corrected chi connectivity index (χ0v) is 16.8. The summed E-state index contributed by atoms with van der Waals surface area (Å²) in [6.07, 6.45) is 9.63. The van der Waals surface area contributed by atoms with E-state index in [-0.39, 0.29) is 11.9 Å². The van der Waals surface area contributed by atoms with E-state index in [1.807, 2.05) is 60.7 Å². The summed E-state index contributed by atoms with van der Waals surface area (Å²) in [5, 5.41) is 3.42. The molecule has 3 rings (SSSR count). The van der Waals surface area contributed by atoms with Crippen LogP contribution in [-0.2, 0) is 9.53 Å². The highest BCUT2D eigenvalue weighted by Gasteiger charge is 2.23. The molecular weight excluding hydrogens is 346 g/mol. The molecule has 2 aromatic carbocycles. The molecule has 3 nitrogen and oxygen atoms in total. The molecule has 0 bridgehead atoms. The number of nitrogens with one attached hydrogen (secondary N) is 1. The lowest BCUT2D eigenvalue weighted by Gasteiger charge is -2.21. The first-order chi connectivity index (χ1) is 13.8. The van der Waals surface area contributed by atoms with Crippen molar-refractivity contribution in [3.8, 4) is 0 Å². The number of carbonyl (C=O) groups is 1. The normalized spacial score (nSPS) is 14.9. The first-order valence-corrected chi connectivity index (χ1v) is 10.8. The topological polar surface area (TPSA) is 38.3 Å². The monoisotopic (exact) mass is 379 g/mol. The number of carbonyl (C=O) groups excluding carboxylic acids is 1. The number of hydrogen-bond donors (Lipinski definition) is 1. The molecule has 0 unspecified atom stereocenters. The van der Waals surface area contributed by atoms with Gasteiger partial charge in [-0.1, -0.05) is 92.8 Å². The van der Waals surface area contributed by atoms with Crippen LogP contribution in [0.1, 0.15) is 62.0 Å². The average Bonchev–Trinajstić information content (AvgIpc) is 2.75. The summed E-state index contributed by atoms with van der Waals surface area (Å²) < 4.78 is 5.61. The van der Waals surface area contributed by atoms with Gasteiger partial charge in [0.1, 0.15) is 12.5 Å². The van der Waals surface area contributed by atoms with Gasteiger partial charge in [-0.3, -0.25) is 4.79 Å². The Bertz CT molecular complexity index is 641. The van der Waals surface area contributed by atoms with Crippen LogP contribution >= 0.6 is 0 Å². The van der Waals surface area contributed by atoms with Crippen LogP contribution in [0.25, 0.3) is 0 Å². The third kappa shape index (κ3) is 6.49. The van der Waals surface area contributed by atoms with E-state index in [0.717, 1.165) is 23.6 Å². The second-order valence-corrected chi connectivity index (χ2v) is 7.82. The van der Waals surface area contributed by atoms with Crippen LogP contribution in [-0.4, -0.2) is 25.7 Å². The lowest BCUT2D eigenvalue weighted by Crippen LogP contribution is -2.25. The quantitative estimate of drug-likeness (QED) is 0.449. The summed E-state index contributed by atoms with van der Waals surface area (Å²) in [4.78, 5) is 12.8. The van der Waals surface area contributed by atoms with Gasteiger partial charge >= 0.3 is 5.97 Å². The predicted octanol–water partition coefficient (Wildman–Crippen LogP) is 5.31. The fraction of sp³-hybridized carbons (Fsp3) is 0.480. The highest BCUT2D eigenvalue weighted by atomic mass is 16.5. The summed E-state index contributed by atoms with van der Waals surface area (Å²) in [5.41, 5.74) is 1.94. The van der Waals surface area contributed by atoms with Crippen molar-refractivity contribution in [1.82, 2.24) is 5.32 Å². The van der Waals surface area contributed by atoms with Gasteiger partial charge in [0, 0.05) is 6.54 Å². The van der Waals surface area contributed by atoms with Crippen LogP contribution in [0.3, 0.4) is 0 Å². The van der Waals surface area contributed by atoms with Crippen molar-refractivity contribution in [2.75, 3.05) is 19.7 Å².